The Morgan fingerprint density at radius 3 is 2.13 bits per heavy atom. The number of hydrogen-bond donors (Lipinski definition) is 3. The molecule has 0 aliphatic carbocycles. The molecule has 0 heterocycles. The van der Waals surface area contributed by atoms with Gasteiger partial charge in [-0.25, -0.2) is 0 Å². The summed E-state index contributed by atoms with van der Waals surface area (Å²) in [7, 11) is 1.57. The van der Waals surface area contributed by atoms with Crippen LogP contribution in [0.3, 0.4) is 0 Å². The van der Waals surface area contributed by atoms with Crippen LogP contribution in [0.5, 0.6) is 5.75 Å². The molecular weight excluding hydrogens is 394 g/mol. The van der Waals surface area contributed by atoms with Gasteiger partial charge >= 0.3 is 0 Å². The summed E-state index contributed by atoms with van der Waals surface area (Å²) in [6.45, 7) is 1.87. The number of carbonyl (C=O) groups excluding carboxylic acids is 3. The van der Waals surface area contributed by atoms with E-state index < -0.39 is 5.91 Å². The van der Waals surface area contributed by atoms with E-state index >= 15 is 0 Å². The van der Waals surface area contributed by atoms with E-state index in [1.165, 1.54) is 0 Å². The maximum absolute atomic E-state index is 12.4. The van der Waals surface area contributed by atoms with Crippen molar-refractivity contribution >= 4 is 23.4 Å². The molecule has 31 heavy (non-hydrogen) atoms. The van der Waals surface area contributed by atoms with Gasteiger partial charge in [-0.1, -0.05) is 30.3 Å². The summed E-state index contributed by atoms with van der Waals surface area (Å²) < 4.78 is 5.08. The van der Waals surface area contributed by atoms with Crippen molar-refractivity contribution in [3.8, 4) is 5.75 Å². The molecule has 0 unspecified atom stereocenters. The predicted molar refractivity (Wildman–Crippen MR) is 118 cm³/mol. The minimum Gasteiger partial charge on any atom is -0.497 e. The summed E-state index contributed by atoms with van der Waals surface area (Å²) in [4.78, 5) is 36.7. The number of benzene rings is 3. The van der Waals surface area contributed by atoms with Gasteiger partial charge in [0.25, 0.3) is 11.8 Å². The molecule has 3 aromatic rings. The van der Waals surface area contributed by atoms with Crippen LogP contribution < -0.4 is 20.9 Å². The van der Waals surface area contributed by atoms with Gasteiger partial charge in [-0.05, 0) is 60.5 Å². The monoisotopic (exact) mass is 417 g/mol. The van der Waals surface area contributed by atoms with Crippen LogP contribution in [0.15, 0.2) is 72.8 Å². The number of nitrogens with one attached hydrogen (secondary N) is 3. The van der Waals surface area contributed by atoms with Crippen LogP contribution in [-0.2, 0) is 11.2 Å². The molecule has 0 aliphatic rings. The van der Waals surface area contributed by atoms with E-state index in [2.05, 4.69) is 16.2 Å². The van der Waals surface area contributed by atoms with Crippen LogP contribution in [0, 0.1) is 6.92 Å². The van der Waals surface area contributed by atoms with Gasteiger partial charge in [-0.15, -0.1) is 0 Å². The zero-order chi connectivity index (χ0) is 22.2. The van der Waals surface area contributed by atoms with Gasteiger partial charge in [0.2, 0.25) is 5.91 Å². The minimum absolute atomic E-state index is 0.119. The summed E-state index contributed by atoms with van der Waals surface area (Å²) in [6.07, 6.45) is 0.119. The number of rotatable bonds is 6. The lowest BCUT2D eigenvalue weighted by molar-refractivity contribution is -0.121. The van der Waals surface area contributed by atoms with E-state index in [4.69, 9.17) is 4.74 Å². The van der Waals surface area contributed by atoms with E-state index in [0.29, 0.717) is 22.6 Å². The molecule has 7 nitrogen and oxygen atoms in total. The summed E-state index contributed by atoms with van der Waals surface area (Å²) >= 11 is 0. The standard InChI is InChI=1S/C24H23N3O4/c1-16-5-3-4-6-21(16)24(30)25-19-11-9-18(10-12-19)23(29)27-26-22(28)15-17-7-13-20(31-2)14-8-17/h3-14H,15H2,1-2H3,(H,25,30)(H,26,28)(H,27,29). The number of hydrogen-bond acceptors (Lipinski definition) is 4. The van der Waals surface area contributed by atoms with E-state index in [1.54, 1.807) is 67.8 Å². The van der Waals surface area contributed by atoms with Crippen molar-refractivity contribution in [1.29, 1.82) is 0 Å². The van der Waals surface area contributed by atoms with Crippen LogP contribution in [0.1, 0.15) is 31.8 Å². The van der Waals surface area contributed by atoms with E-state index in [0.717, 1.165) is 11.1 Å². The number of amides is 3. The van der Waals surface area contributed by atoms with Crippen LogP contribution in [0.2, 0.25) is 0 Å². The Kier molecular flexibility index (Phi) is 7.01. The fraction of sp³-hybridized carbons (Fsp3) is 0.125. The van der Waals surface area contributed by atoms with Gasteiger partial charge in [-0.2, -0.15) is 0 Å². The maximum atomic E-state index is 12.4. The molecule has 0 spiro atoms. The van der Waals surface area contributed by atoms with E-state index in [9.17, 15) is 14.4 Å². The molecule has 0 aliphatic heterocycles. The van der Waals surface area contributed by atoms with Crippen molar-refractivity contribution in [2.24, 2.45) is 0 Å². The number of hydrazine groups is 1. The molecule has 3 amide bonds. The highest BCUT2D eigenvalue weighted by Gasteiger charge is 2.11. The van der Waals surface area contributed by atoms with Crippen LogP contribution in [0.25, 0.3) is 0 Å². The molecule has 0 saturated carbocycles. The molecule has 0 radical (unpaired) electrons. The molecule has 0 bridgehead atoms. The van der Waals surface area contributed by atoms with Crippen molar-refractivity contribution in [2.45, 2.75) is 13.3 Å². The summed E-state index contributed by atoms with van der Waals surface area (Å²) in [5, 5.41) is 2.80. The molecule has 0 aromatic heterocycles. The highest BCUT2D eigenvalue weighted by Crippen LogP contribution is 2.14. The third kappa shape index (κ3) is 5.93. The topological polar surface area (TPSA) is 96.5 Å². The molecule has 3 aromatic carbocycles. The third-order valence-corrected chi connectivity index (χ3v) is 4.63. The van der Waals surface area contributed by atoms with Gasteiger partial charge in [0.1, 0.15) is 5.75 Å². The predicted octanol–water partition coefficient (Wildman–Crippen LogP) is 3.26. The Morgan fingerprint density at radius 2 is 1.48 bits per heavy atom. The van der Waals surface area contributed by atoms with Crippen LogP contribution >= 0.6 is 0 Å². The molecular formula is C24H23N3O4. The summed E-state index contributed by atoms with van der Waals surface area (Å²) in [5.74, 6) is -0.322. The highest BCUT2D eigenvalue weighted by atomic mass is 16.5. The number of carbonyl (C=O) groups is 3. The Balaban J connectivity index is 1.51. The Hall–Kier alpha value is -4.13. The van der Waals surface area contributed by atoms with Crippen molar-refractivity contribution in [3.05, 3.63) is 95.1 Å². The van der Waals surface area contributed by atoms with Gasteiger partial charge in [0, 0.05) is 16.8 Å². The van der Waals surface area contributed by atoms with Crippen molar-refractivity contribution in [1.82, 2.24) is 10.9 Å². The molecule has 3 rings (SSSR count). The third-order valence-electron chi connectivity index (χ3n) is 4.63. The largest absolute Gasteiger partial charge is 0.497 e. The first-order valence-corrected chi connectivity index (χ1v) is 9.65. The zero-order valence-electron chi connectivity index (χ0n) is 17.3. The Bertz CT molecular complexity index is 1080. The zero-order valence-corrected chi connectivity index (χ0v) is 17.3. The maximum Gasteiger partial charge on any atom is 0.269 e. The highest BCUT2D eigenvalue weighted by molar-refractivity contribution is 6.05. The SMILES string of the molecule is COc1ccc(CC(=O)NNC(=O)c2ccc(NC(=O)c3ccccc3C)cc2)cc1. The van der Waals surface area contributed by atoms with Crippen LogP contribution in [-0.4, -0.2) is 24.8 Å². The van der Waals surface area contributed by atoms with Gasteiger partial charge in [0.15, 0.2) is 0 Å². The lowest BCUT2D eigenvalue weighted by atomic mass is 10.1. The lowest BCUT2D eigenvalue weighted by Crippen LogP contribution is -2.42. The van der Waals surface area contributed by atoms with Crippen molar-refractivity contribution in [2.75, 3.05) is 12.4 Å². The second-order valence-corrected chi connectivity index (χ2v) is 6.87. The van der Waals surface area contributed by atoms with Gasteiger partial charge < -0.3 is 10.1 Å². The quantitative estimate of drug-likeness (QED) is 0.537. The number of ether oxygens (including phenoxy) is 1. The van der Waals surface area contributed by atoms with Crippen molar-refractivity contribution < 1.29 is 19.1 Å². The first kappa shape index (κ1) is 21.6. The van der Waals surface area contributed by atoms with E-state index in [-0.39, 0.29) is 18.2 Å². The molecule has 158 valence electrons. The summed E-state index contributed by atoms with van der Waals surface area (Å²) in [6, 6.07) is 20.8. The van der Waals surface area contributed by atoms with E-state index in [1.807, 2.05) is 19.1 Å². The molecule has 7 heteroatoms. The van der Waals surface area contributed by atoms with Gasteiger partial charge in [0.05, 0.1) is 13.5 Å². The first-order valence-electron chi connectivity index (χ1n) is 9.65. The number of aryl methyl sites for hydroxylation is 1. The molecule has 0 fully saturated rings. The summed E-state index contributed by atoms with van der Waals surface area (Å²) in [5.41, 5.74) is 7.94. The number of anilines is 1. The average Bonchev–Trinajstić information content (AvgIpc) is 2.78. The minimum atomic E-state index is -0.458. The van der Waals surface area contributed by atoms with Crippen molar-refractivity contribution in [3.63, 3.8) is 0 Å². The Labute approximate surface area is 180 Å². The molecule has 0 saturated heterocycles. The number of methoxy groups -OCH3 is 1. The average molecular weight is 417 g/mol. The normalized spacial score (nSPS) is 10.1. The van der Waals surface area contributed by atoms with Gasteiger partial charge in [-0.3, -0.25) is 25.2 Å². The fourth-order valence-corrected chi connectivity index (χ4v) is 2.90. The molecule has 3 N–H and O–H groups in total. The second-order valence-electron chi connectivity index (χ2n) is 6.87. The first-order chi connectivity index (χ1) is 15.0. The lowest BCUT2D eigenvalue weighted by Gasteiger charge is -2.10. The Morgan fingerprint density at radius 1 is 0.806 bits per heavy atom. The second kappa shape index (κ2) is 10.1. The smallest absolute Gasteiger partial charge is 0.269 e. The fourth-order valence-electron chi connectivity index (χ4n) is 2.90. The molecule has 0 atom stereocenters. The van der Waals surface area contributed by atoms with Crippen LogP contribution in [0.4, 0.5) is 5.69 Å².